The van der Waals surface area contributed by atoms with E-state index in [1.807, 2.05) is 24.3 Å². The summed E-state index contributed by atoms with van der Waals surface area (Å²) in [5, 5.41) is 4.09. The van der Waals surface area contributed by atoms with Gasteiger partial charge in [-0.3, -0.25) is 4.98 Å². The minimum Gasteiger partial charge on any atom is -0.495 e. The zero-order chi connectivity index (χ0) is 11.5. The monoisotopic (exact) mass is 233 g/mol. The lowest BCUT2D eigenvalue weighted by Crippen LogP contribution is -2.19. The Morgan fingerprint density at radius 1 is 1.50 bits per heavy atom. The van der Waals surface area contributed by atoms with Crippen LogP contribution in [0.4, 0.5) is 5.69 Å². The van der Waals surface area contributed by atoms with Gasteiger partial charge in [-0.1, -0.05) is 12.1 Å². The lowest BCUT2D eigenvalue weighted by Gasteiger charge is -2.08. The number of nitrogens with zero attached hydrogens (tertiary/aromatic N) is 1. The molecule has 0 aliphatic rings. The van der Waals surface area contributed by atoms with Crippen molar-refractivity contribution in [3.8, 4) is 5.75 Å². The number of hydrogen-bond donors (Lipinski definition) is 2. The molecule has 2 rings (SSSR count). The summed E-state index contributed by atoms with van der Waals surface area (Å²) in [7, 11) is 1.61. The molecule has 0 atom stereocenters. The number of anilines is 1. The average molecular weight is 233 g/mol. The van der Waals surface area contributed by atoms with E-state index >= 15 is 0 Å². The largest absolute Gasteiger partial charge is 0.495 e. The number of nitrogens with two attached hydrogens (primary N) is 1. The number of pyridine rings is 1. The fourth-order valence-electron chi connectivity index (χ4n) is 1.49. The Labute approximate surface area is 98.4 Å². The number of ether oxygens (including phenoxy) is 1. The van der Waals surface area contributed by atoms with Crippen molar-refractivity contribution in [3.63, 3.8) is 0 Å². The molecule has 1 aromatic carbocycles. The molecule has 0 amide bonds. The first-order chi connectivity index (χ1) is 7.70. The van der Waals surface area contributed by atoms with Gasteiger partial charge in [-0.05, 0) is 24.4 Å². The number of aromatic nitrogens is 1. The first-order valence-corrected chi connectivity index (χ1v) is 5.11. The Morgan fingerprint density at radius 3 is 3.00 bits per heavy atom. The van der Waals surface area contributed by atoms with Crippen molar-refractivity contribution >= 4 is 33.9 Å². The highest BCUT2D eigenvalue weighted by Crippen LogP contribution is 2.24. The molecule has 3 N–H and O–H groups in total. The summed E-state index contributed by atoms with van der Waals surface area (Å²) in [6.07, 6.45) is 1.66. The van der Waals surface area contributed by atoms with Crippen LogP contribution in [0.15, 0.2) is 30.5 Å². The van der Waals surface area contributed by atoms with Gasteiger partial charge in [0.2, 0.25) is 0 Å². The van der Waals surface area contributed by atoms with Crippen LogP contribution in [-0.4, -0.2) is 17.2 Å². The number of fused-ring (bicyclic) bond motifs is 1. The second-order valence-corrected chi connectivity index (χ2v) is 3.68. The molecule has 1 aromatic heterocycles. The fourth-order valence-corrected chi connectivity index (χ4v) is 1.60. The maximum absolute atomic E-state index is 5.44. The number of benzene rings is 1. The molecule has 82 valence electrons. The van der Waals surface area contributed by atoms with Crippen LogP contribution >= 0.6 is 12.2 Å². The van der Waals surface area contributed by atoms with Gasteiger partial charge in [-0.2, -0.15) is 0 Å². The topological polar surface area (TPSA) is 60.2 Å². The standard InChI is InChI=1S/C11H11N3OS/c1-15-8-5-7-3-2-4-9(14-11(12)16)10(7)13-6-8/h2-6H,1H3,(H3,12,14,16). The third-order valence-electron chi connectivity index (χ3n) is 2.18. The van der Waals surface area contributed by atoms with Crippen molar-refractivity contribution < 1.29 is 4.74 Å². The Kier molecular flexibility index (Phi) is 2.87. The van der Waals surface area contributed by atoms with E-state index in [-0.39, 0.29) is 5.11 Å². The molecule has 0 aliphatic carbocycles. The number of para-hydroxylation sites is 1. The van der Waals surface area contributed by atoms with Crippen LogP contribution in [0, 0.1) is 0 Å². The normalized spacial score (nSPS) is 10.1. The highest BCUT2D eigenvalue weighted by atomic mass is 32.1. The summed E-state index contributed by atoms with van der Waals surface area (Å²) < 4.78 is 5.11. The van der Waals surface area contributed by atoms with E-state index in [1.165, 1.54) is 0 Å². The molecule has 0 saturated heterocycles. The zero-order valence-corrected chi connectivity index (χ0v) is 9.54. The summed E-state index contributed by atoms with van der Waals surface area (Å²) in [5.41, 5.74) is 7.05. The van der Waals surface area contributed by atoms with Crippen LogP contribution in [0.3, 0.4) is 0 Å². The Bertz CT molecular complexity index is 542. The van der Waals surface area contributed by atoms with Crippen LogP contribution in [-0.2, 0) is 0 Å². The maximum atomic E-state index is 5.44. The van der Waals surface area contributed by atoms with Gasteiger partial charge in [0.05, 0.1) is 24.5 Å². The van der Waals surface area contributed by atoms with E-state index in [9.17, 15) is 0 Å². The zero-order valence-electron chi connectivity index (χ0n) is 8.73. The highest BCUT2D eigenvalue weighted by molar-refractivity contribution is 7.80. The Morgan fingerprint density at radius 2 is 2.31 bits per heavy atom. The predicted molar refractivity (Wildman–Crippen MR) is 68.7 cm³/mol. The van der Waals surface area contributed by atoms with Crippen molar-refractivity contribution in [2.45, 2.75) is 0 Å². The maximum Gasteiger partial charge on any atom is 0.168 e. The second-order valence-electron chi connectivity index (χ2n) is 3.24. The third-order valence-corrected chi connectivity index (χ3v) is 2.28. The summed E-state index contributed by atoms with van der Waals surface area (Å²) in [6, 6.07) is 7.65. The fraction of sp³-hybridized carbons (Fsp3) is 0.0909. The molecule has 0 unspecified atom stereocenters. The number of methoxy groups -OCH3 is 1. The third kappa shape index (κ3) is 2.04. The van der Waals surface area contributed by atoms with E-state index in [1.54, 1.807) is 13.3 Å². The Balaban J connectivity index is 2.55. The van der Waals surface area contributed by atoms with Crippen LogP contribution in [0.5, 0.6) is 5.75 Å². The molecule has 4 nitrogen and oxygen atoms in total. The van der Waals surface area contributed by atoms with E-state index in [0.29, 0.717) is 0 Å². The summed E-state index contributed by atoms with van der Waals surface area (Å²) >= 11 is 4.80. The van der Waals surface area contributed by atoms with Crippen molar-refractivity contribution in [1.29, 1.82) is 0 Å². The van der Waals surface area contributed by atoms with Crippen molar-refractivity contribution in [2.75, 3.05) is 12.4 Å². The molecule has 0 saturated carbocycles. The molecular formula is C11H11N3OS. The first-order valence-electron chi connectivity index (χ1n) is 4.70. The molecular weight excluding hydrogens is 222 g/mol. The van der Waals surface area contributed by atoms with Gasteiger partial charge in [0, 0.05) is 5.39 Å². The molecule has 2 aromatic rings. The number of nitrogens with one attached hydrogen (secondary N) is 1. The summed E-state index contributed by atoms with van der Waals surface area (Å²) in [6.45, 7) is 0. The second kappa shape index (κ2) is 4.32. The summed E-state index contributed by atoms with van der Waals surface area (Å²) in [4.78, 5) is 4.30. The molecule has 0 fully saturated rings. The molecule has 16 heavy (non-hydrogen) atoms. The van der Waals surface area contributed by atoms with Crippen LogP contribution in [0.1, 0.15) is 0 Å². The van der Waals surface area contributed by atoms with Gasteiger partial charge in [-0.25, -0.2) is 0 Å². The minimum absolute atomic E-state index is 0.227. The number of thiocarbonyl (C=S) groups is 1. The van der Waals surface area contributed by atoms with Crippen molar-refractivity contribution in [2.24, 2.45) is 5.73 Å². The number of hydrogen-bond acceptors (Lipinski definition) is 3. The average Bonchev–Trinajstić information content (AvgIpc) is 2.28. The minimum atomic E-state index is 0.227. The predicted octanol–water partition coefficient (Wildman–Crippen LogP) is 1.90. The van der Waals surface area contributed by atoms with E-state index in [0.717, 1.165) is 22.3 Å². The van der Waals surface area contributed by atoms with Gasteiger partial charge in [0.1, 0.15) is 5.75 Å². The van der Waals surface area contributed by atoms with Gasteiger partial charge < -0.3 is 15.8 Å². The number of rotatable bonds is 2. The van der Waals surface area contributed by atoms with Gasteiger partial charge in [-0.15, -0.1) is 0 Å². The van der Waals surface area contributed by atoms with Crippen LogP contribution in [0.25, 0.3) is 10.9 Å². The van der Waals surface area contributed by atoms with Crippen molar-refractivity contribution in [3.05, 3.63) is 30.5 Å². The van der Waals surface area contributed by atoms with Gasteiger partial charge in [0.15, 0.2) is 5.11 Å². The van der Waals surface area contributed by atoms with Gasteiger partial charge >= 0.3 is 0 Å². The van der Waals surface area contributed by atoms with E-state index in [2.05, 4.69) is 10.3 Å². The lowest BCUT2D eigenvalue weighted by molar-refractivity contribution is 0.414. The molecule has 0 radical (unpaired) electrons. The van der Waals surface area contributed by atoms with Crippen molar-refractivity contribution in [1.82, 2.24) is 4.98 Å². The van der Waals surface area contributed by atoms with Crippen LogP contribution < -0.4 is 15.8 Å². The molecule has 1 heterocycles. The molecule has 0 bridgehead atoms. The summed E-state index contributed by atoms with van der Waals surface area (Å²) in [5.74, 6) is 0.722. The SMILES string of the molecule is COc1cnc2c(NC(N)=S)cccc2c1. The molecule has 0 aliphatic heterocycles. The smallest absolute Gasteiger partial charge is 0.168 e. The molecule has 5 heteroatoms. The quantitative estimate of drug-likeness (QED) is 0.776. The van der Waals surface area contributed by atoms with E-state index in [4.69, 9.17) is 22.7 Å². The van der Waals surface area contributed by atoms with Gasteiger partial charge in [0.25, 0.3) is 0 Å². The Hall–Kier alpha value is -1.88. The van der Waals surface area contributed by atoms with E-state index < -0.39 is 0 Å². The van der Waals surface area contributed by atoms with Crippen LogP contribution in [0.2, 0.25) is 0 Å². The first kappa shape index (κ1) is 10.6. The highest BCUT2D eigenvalue weighted by Gasteiger charge is 2.03. The lowest BCUT2D eigenvalue weighted by atomic mass is 10.2. The molecule has 0 spiro atoms.